The number of furan rings is 1. The van der Waals surface area contributed by atoms with Gasteiger partial charge in [-0.1, -0.05) is 23.9 Å². The molecule has 3 aromatic heterocycles. The van der Waals surface area contributed by atoms with E-state index >= 15 is 0 Å². The van der Waals surface area contributed by atoms with Crippen molar-refractivity contribution in [3.63, 3.8) is 0 Å². The normalized spacial score (nSPS) is 14.2. The number of halogens is 1. The predicted octanol–water partition coefficient (Wildman–Crippen LogP) is 4.86. The van der Waals surface area contributed by atoms with Gasteiger partial charge in [-0.25, -0.2) is 9.37 Å². The summed E-state index contributed by atoms with van der Waals surface area (Å²) < 4.78 is 21.4. The Labute approximate surface area is 197 Å². The number of para-hydroxylation sites is 1. The monoisotopic (exact) mass is 483 g/mol. The Morgan fingerprint density at radius 1 is 1.27 bits per heavy atom. The number of fused-ring (bicyclic) bond motifs is 3. The highest BCUT2D eigenvalue weighted by Gasteiger charge is 2.26. The summed E-state index contributed by atoms with van der Waals surface area (Å²) in [6, 6.07) is 9.69. The molecule has 1 aliphatic rings. The molecule has 1 atom stereocenters. The van der Waals surface area contributed by atoms with Gasteiger partial charge in [0, 0.05) is 4.88 Å². The first kappa shape index (κ1) is 21.9. The van der Waals surface area contributed by atoms with Gasteiger partial charge in [-0.3, -0.25) is 14.2 Å². The van der Waals surface area contributed by atoms with Crippen LogP contribution < -0.4 is 10.9 Å². The summed E-state index contributed by atoms with van der Waals surface area (Å²) in [6.45, 7) is 2.00. The van der Waals surface area contributed by atoms with E-state index in [9.17, 15) is 14.0 Å². The van der Waals surface area contributed by atoms with Crippen LogP contribution in [0.25, 0.3) is 15.9 Å². The van der Waals surface area contributed by atoms with Crippen LogP contribution >= 0.6 is 23.1 Å². The Morgan fingerprint density at radius 2 is 2.09 bits per heavy atom. The Bertz CT molecular complexity index is 1380. The van der Waals surface area contributed by atoms with E-state index in [0.717, 1.165) is 43.0 Å². The molecule has 1 aromatic carbocycles. The molecule has 5 rings (SSSR count). The second-order valence-electron chi connectivity index (χ2n) is 7.93. The molecule has 0 radical (unpaired) electrons. The molecule has 9 heteroatoms. The number of nitrogens with zero attached hydrogens (tertiary/aromatic N) is 2. The van der Waals surface area contributed by atoms with Crippen molar-refractivity contribution in [3.8, 4) is 5.69 Å². The Hall–Kier alpha value is -2.91. The number of carbonyl (C=O) groups is 1. The second-order valence-corrected chi connectivity index (χ2v) is 10.3. The first-order valence-electron chi connectivity index (χ1n) is 10.8. The minimum atomic E-state index is -0.558. The van der Waals surface area contributed by atoms with E-state index in [4.69, 9.17) is 9.40 Å². The number of amides is 1. The van der Waals surface area contributed by atoms with Gasteiger partial charge < -0.3 is 9.73 Å². The molecule has 4 aromatic rings. The summed E-state index contributed by atoms with van der Waals surface area (Å²) in [5.74, 6) is -0.0922. The van der Waals surface area contributed by atoms with Gasteiger partial charge in [-0.15, -0.1) is 11.3 Å². The zero-order valence-corrected chi connectivity index (χ0v) is 19.6. The van der Waals surface area contributed by atoms with Gasteiger partial charge in [0.15, 0.2) is 5.16 Å². The molecule has 0 fully saturated rings. The van der Waals surface area contributed by atoms with Crippen LogP contribution in [-0.4, -0.2) is 20.7 Å². The minimum Gasteiger partial charge on any atom is -0.467 e. The molecule has 0 saturated heterocycles. The van der Waals surface area contributed by atoms with Crippen LogP contribution in [0.2, 0.25) is 0 Å². The summed E-state index contributed by atoms with van der Waals surface area (Å²) in [4.78, 5) is 33.0. The number of hydrogen-bond donors (Lipinski definition) is 1. The van der Waals surface area contributed by atoms with E-state index in [-0.39, 0.29) is 23.7 Å². The number of benzene rings is 1. The van der Waals surface area contributed by atoms with Crippen LogP contribution in [0, 0.1) is 5.82 Å². The van der Waals surface area contributed by atoms with Crippen LogP contribution in [-0.2, 0) is 24.2 Å². The van der Waals surface area contributed by atoms with E-state index in [2.05, 4.69) is 5.32 Å². The van der Waals surface area contributed by atoms with Gasteiger partial charge >= 0.3 is 0 Å². The van der Waals surface area contributed by atoms with E-state index in [0.29, 0.717) is 21.1 Å². The quantitative estimate of drug-likeness (QED) is 0.313. The molecular formula is C24H22FN3O3S2. The molecule has 0 bridgehead atoms. The maximum absolute atomic E-state index is 14.8. The summed E-state index contributed by atoms with van der Waals surface area (Å²) in [5.41, 5.74) is 0.901. The number of thioether (sulfide) groups is 1. The van der Waals surface area contributed by atoms with E-state index in [1.54, 1.807) is 43.5 Å². The Morgan fingerprint density at radius 3 is 2.88 bits per heavy atom. The van der Waals surface area contributed by atoms with E-state index in [1.807, 2.05) is 0 Å². The maximum Gasteiger partial charge on any atom is 0.267 e. The smallest absolute Gasteiger partial charge is 0.267 e. The molecule has 3 heterocycles. The minimum absolute atomic E-state index is 0.137. The van der Waals surface area contributed by atoms with E-state index in [1.165, 1.54) is 26.8 Å². The summed E-state index contributed by atoms with van der Waals surface area (Å²) in [7, 11) is 0. The van der Waals surface area contributed by atoms with Gasteiger partial charge in [-0.2, -0.15) is 0 Å². The number of aromatic nitrogens is 2. The number of thiophene rings is 1. The molecule has 6 nitrogen and oxygen atoms in total. The predicted molar refractivity (Wildman–Crippen MR) is 128 cm³/mol. The third-order valence-electron chi connectivity index (χ3n) is 5.72. The lowest BCUT2D eigenvalue weighted by Crippen LogP contribution is -2.31. The van der Waals surface area contributed by atoms with Crippen molar-refractivity contribution in [2.24, 2.45) is 0 Å². The standard InChI is InChI=1S/C24H22FN3O3S2/c1-14(21(29)26-13-15-7-6-12-31-15)32-24-27-22-20(16-8-2-5-11-19(16)33-22)23(30)28(24)18-10-4-3-9-17(18)25/h3-4,6-7,9-10,12,14H,2,5,8,11,13H2,1H3,(H,26,29). The fourth-order valence-corrected chi connectivity index (χ4v) is 6.30. The molecule has 170 valence electrons. The van der Waals surface area contributed by atoms with Crippen LogP contribution in [0.5, 0.6) is 0 Å². The van der Waals surface area contributed by atoms with Crippen molar-refractivity contribution in [2.45, 2.75) is 49.6 Å². The number of carbonyl (C=O) groups excluding carboxylic acids is 1. The van der Waals surface area contributed by atoms with Crippen molar-refractivity contribution in [1.29, 1.82) is 0 Å². The lowest BCUT2D eigenvalue weighted by molar-refractivity contribution is -0.120. The number of rotatable bonds is 6. The Kier molecular flexibility index (Phi) is 6.07. The topological polar surface area (TPSA) is 77.1 Å². The van der Waals surface area contributed by atoms with Crippen LogP contribution in [0.15, 0.2) is 57.0 Å². The molecule has 0 saturated carbocycles. The van der Waals surface area contributed by atoms with Crippen molar-refractivity contribution >= 4 is 39.2 Å². The van der Waals surface area contributed by atoms with Gasteiger partial charge in [-0.05, 0) is 62.4 Å². The van der Waals surface area contributed by atoms with E-state index < -0.39 is 11.1 Å². The van der Waals surface area contributed by atoms with Crippen molar-refractivity contribution in [1.82, 2.24) is 14.9 Å². The molecule has 0 spiro atoms. The van der Waals surface area contributed by atoms with Gasteiger partial charge in [0.1, 0.15) is 16.4 Å². The number of aryl methyl sites for hydroxylation is 2. The van der Waals surface area contributed by atoms with Gasteiger partial charge in [0.25, 0.3) is 5.56 Å². The summed E-state index contributed by atoms with van der Waals surface area (Å²) >= 11 is 2.68. The average Bonchev–Trinajstić information content (AvgIpc) is 3.46. The summed E-state index contributed by atoms with van der Waals surface area (Å²) in [5, 5.41) is 3.15. The average molecular weight is 484 g/mol. The lowest BCUT2D eigenvalue weighted by atomic mass is 9.97. The third-order valence-corrected chi connectivity index (χ3v) is 7.96. The largest absolute Gasteiger partial charge is 0.467 e. The fraction of sp³-hybridized carbons (Fsp3) is 0.292. The lowest BCUT2D eigenvalue weighted by Gasteiger charge is -2.16. The maximum atomic E-state index is 14.8. The third kappa shape index (κ3) is 4.22. The van der Waals surface area contributed by atoms with Crippen molar-refractivity contribution < 1.29 is 13.6 Å². The molecule has 1 aliphatic carbocycles. The zero-order chi connectivity index (χ0) is 22.9. The summed E-state index contributed by atoms with van der Waals surface area (Å²) in [6.07, 6.45) is 5.44. The van der Waals surface area contributed by atoms with Crippen LogP contribution in [0.1, 0.15) is 36.0 Å². The Balaban J connectivity index is 1.55. The molecule has 33 heavy (non-hydrogen) atoms. The highest BCUT2D eigenvalue weighted by atomic mass is 32.2. The number of hydrogen-bond acceptors (Lipinski definition) is 6. The van der Waals surface area contributed by atoms with Crippen molar-refractivity contribution in [3.05, 3.63) is 75.0 Å². The first-order valence-corrected chi connectivity index (χ1v) is 12.5. The fourth-order valence-electron chi connectivity index (χ4n) is 4.05. The molecule has 1 N–H and O–H groups in total. The van der Waals surface area contributed by atoms with Gasteiger partial charge in [0.05, 0.1) is 29.1 Å². The zero-order valence-electron chi connectivity index (χ0n) is 18.0. The highest BCUT2D eigenvalue weighted by Crippen LogP contribution is 2.36. The van der Waals surface area contributed by atoms with Gasteiger partial charge in [0.2, 0.25) is 5.91 Å². The van der Waals surface area contributed by atoms with Crippen LogP contribution in [0.3, 0.4) is 0 Å². The van der Waals surface area contributed by atoms with Crippen LogP contribution in [0.4, 0.5) is 4.39 Å². The molecule has 1 amide bonds. The first-order chi connectivity index (χ1) is 16.0. The highest BCUT2D eigenvalue weighted by molar-refractivity contribution is 8.00. The number of nitrogens with one attached hydrogen (secondary N) is 1. The molecule has 1 unspecified atom stereocenters. The second kappa shape index (κ2) is 9.15. The SMILES string of the molecule is CC(Sc1nc2sc3c(c2c(=O)n1-c1ccccc1F)CCCC3)C(=O)NCc1ccco1. The van der Waals surface area contributed by atoms with Crippen molar-refractivity contribution in [2.75, 3.05) is 0 Å². The molecular weight excluding hydrogens is 461 g/mol. The molecule has 0 aliphatic heterocycles.